The number of benzene rings is 1. The first kappa shape index (κ1) is 15.6. The van der Waals surface area contributed by atoms with Gasteiger partial charge < -0.3 is 14.2 Å². The van der Waals surface area contributed by atoms with E-state index in [2.05, 4.69) is 0 Å². The van der Waals surface area contributed by atoms with Gasteiger partial charge in [0.15, 0.2) is 0 Å². The number of rotatable bonds is 4. The Morgan fingerprint density at radius 3 is 2.38 bits per heavy atom. The molecule has 114 valence electrons. The van der Waals surface area contributed by atoms with Crippen molar-refractivity contribution in [2.75, 3.05) is 0 Å². The molecule has 1 aliphatic heterocycles. The van der Waals surface area contributed by atoms with Crippen molar-refractivity contribution in [3.05, 3.63) is 42.0 Å². The molecule has 0 unspecified atom stereocenters. The SMILES string of the molecule is CC(=O)O[C@H]1C=C[C@@H](c2ccc(OC(C)C)cc2)O[C@@H]1C. The van der Waals surface area contributed by atoms with E-state index >= 15 is 0 Å². The molecule has 0 spiro atoms. The van der Waals surface area contributed by atoms with Crippen molar-refractivity contribution in [2.24, 2.45) is 0 Å². The summed E-state index contributed by atoms with van der Waals surface area (Å²) < 4.78 is 16.7. The molecule has 0 bridgehead atoms. The van der Waals surface area contributed by atoms with Crippen molar-refractivity contribution in [3.63, 3.8) is 0 Å². The Morgan fingerprint density at radius 1 is 1.19 bits per heavy atom. The summed E-state index contributed by atoms with van der Waals surface area (Å²) in [5, 5.41) is 0. The molecule has 4 nitrogen and oxygen atoms in total. The lowest BCUT2D eigenvalue weighted by Crippen LogP contribution is -2.33. The Hall–Kier alpha value is -1.81. The second kappa shape index (κ2) is 6.76. The second-order valence-electron chi connectivity index (χ2n) is 5.46. The zero-order chi connectivity index (χ0) is 15.4. The van der Waals surface area contributed by atoms with Crippen LogP contribution in [0.2, 0.25) is 0 Å². The third kappa shape index (κ3) is 4.33. The van der Waals surface area contributed by atoms with Crippen molar-refractivity contribution in [1.29, 1.82) is 0 Å². The molecule has 1 heterocycles. The highest BCUT2D eigenvalue weighted by molar-refractivity contribution is 5.66. The largest absolute Gasteiger partial charge is 0.491 e. The van der Waals surface area contributed by atoms with E-state index in [1.165, 1.54) is 6.92 Å². The van der Waals surface area contributed by atoms with Gasteiger partial charge in [-0.3, -0.25) is 4.79 Å². The normalized spacial score (nSPS) is 24.9. The predicted molar refractivity (Wildman–Crippen MR) is 80.2 cm³/mol. The molecule has 3 atom stereocenters. The third-order valence-electron chi connectivity index (χ3n) is 3.18. The van der Waals surface area contributed by atoms with Gasteiger partial charge in [0.2, 0.25) is 0 Å². The van der Waals surface area contributed by atoms with Crippen LogP contribution in [-0.4, -0.2) is 24.3 Å². The van der Waals surface area contributed by atoms with E-state index in [-0.39, 0.29) is 30.4 Å². The van der Waals surface area contributed by atoms with Crippen molar-refractivity contribution in [3.8, 4) is 5.75 Å². The van der Waals surface area contributed by atoms with Crippen LogP contribution in [0.4, 0.5) is 0 Å². The summed E-state index contributed by atoms with van der Waals surface area (Å²) >= 11 is 0. The molecule has 1 aromatic carbocycles. The molecule has 0 saturated carbocycles. The first-order valence-electron chi connectivity index (χ1n) is 7.23. The lowest BCUT2D eigenvalue weighted by molar-refractivity contribution is -0.153. The van der Waals surface area contributed by atoms with Crippen molar-refractivity contribution < 1.29 is 19.0 Å². The van der Waals surface area contributed by atoms with E-state index in [0.29, 0.717) is 0 Å². The minimum atomic E-state index is -0.317. The summed E-state index contributed by atoms with van der Waals surface area (Å²) in [5.74, 6) is 0.549. The average molecular weight is 290 g/mol. The predicted octanol–water partition coefficient (Wildman–Crippen LogP) is 3.42. The molecule has 0 radical (unpaired) electrons. The molecule has 0 aromatic heterocycles. The molecule has 0 amide bonds. The fourth-order valence-electron chi connectivity index (χ4n) is 2.25. The highest BCUT2D eigenvalue weighted by atomic mass is 16.6. The highest BCUT2D eigenvalue weighted by Gasteiger charge is 2.26. The number of esters is 1. The Labute approximate surface area is 125 Å². The lowest BCUT2D eigenvalue weighted by Gasteiger charge is -2.29. The molecular formula is C17H22O4. The van der Waals surface area contributed by atoms with Crippen molar-refractivity contribution >= 4 is 5.97 Å². The maximum Gasteiger partial charge on any atom is 0.303 e. The fraction of sp³-hybridized carbons (Fsp3) is 0.471. The van der Waals surface area contributed by atoms with Gasteiger partial charge in [0.25, 0.3) is 0 Å². The number of ether oxygens (including phenoxy) is 3. The van der Waals surface area contributed by atoms with Crippen LogP contribution >= 0.6 is 0 Å². The number of hydrogen-bond donors (Lipinski definition) is 0. The van der Waals surface area contributed by atoms with E-state index in [1.807, 2.05) is 57.2 Å². The van der Waals surface area contributed by atoms with Crippen molar-refractivity contribution in [1.82, 2.24) is 0 Å². The van der Waals surface area contributed by atoms with Crippen LogP contribution in [0.3, 0.4) is 0 Å². The minimum Gasteiger partial charge on any atom is -0.491 e. The molecule has 1 aliphatic rings. The zero-order valence-electron chi connectivity index (χ0n) is 12.9. The van der Waals surface area contributed by atoms with Crippen LogP contribution in [-0.2, 0) is 14.3 Å². The van der Waals surface area contributed by atoms with Gasteiger partial charge in [-0.2, -0.15) is 0 Å². The summed E-state index contributed by atoms with van der Waals surface area (Å²) in [6.45, 7) is 7.30. The maximum atomic E-state index is 11.0. The summed E-state index contributed by atoms with van der Waals surface area (Å²) in [4.78, 5) is 11.0. The van der Waals surface area contributed by atoms with Gasteiger partial charge in [-0.1, -0.05) is 18.2 Å². The molecule has 0 N–H and O–H groups in total. The molecule has 1 aromatic rings. The van der Waals surface area contributed by atoms with Crippen LogP contribution in [0.5, 0.6) is 5.75 Å². The molecule has 0 aliphatic carbocycles. The highest BCUT2D eigenvalue weighted by Crippen LogP contribution is 2.28. The van der Waals surface area contributed by atoms with Gasteiger partial charge in [-0.15, -0.1) is 0 Å². The Kier molecular flexibility index (Phi) is 5.02. The lowest BCUT2D eigenvalue weighted by atomic mass is 10.0. The zero-order valence-corrected chi connectivity index (χ0v) is 12.9. The van der Waals surface area contributed by atoms with E-state index in [0.717, 1.165) is 11.3 Å². The van der Waals surface area contributed by atoms with Gasteiger partial charge in [0, 0.05) is 6.92 Å². The van der Waals surface area contributed by atoms with Gasteiger partial charge in [0.05, 0.1) is 12.2 Å². The van der Waals surface area contributed by atoms with E-state index in [4.69, 9.17) is 14.2 Å². The van der Waals surface area contributed by atoms with Crippen LogP contribution in [0.25, 0.3) is 0 Å². The summed E-state index contributed by atoms with van der Waals surface area (Å²) in [5.41, 5.74) is 1.05. The molecule has 4 heteroatoms. The minimum absolute atomic E-state index is 0.125. The number of carbonyl (C=O) groups is 1. The number of carbonyl (C=O) groups excluding carboxylic acids is 1. The standard InChI is InChI=1S/C17H22O4/c1-11(2)19-15-7-5-14(6-8-15)17-10-9-16(12(3)20-17)21-13(4)18/h5-12,16-17H,1-4H3/t12-,16+,17+/m1/s1. The second-order valence-corrected chi connectivity index (χ2v) is 5.46. The smallest absolute Gasteiger partial charge is 0.303 e. The molecule has 21 heavy (non-hydrogen) atoms. The van der Waals surface area contributed by atoms with Crippen LogP contribution in [0.15, 0.2) is 36.4 Å². The van der Waals surface area contributed by atoms with Gasteiger partial charge in [0.1, 0.15) is 18.0 Å². The van der Waals surface area contributed by atoms with E-state index in [9.17, 15) is 4.79 Å². The van der Waals surface area contributed by atoms with Crippen LogP contribution in [0, 0.1) is 0 Å². The third-order valence-corrected chi connectivity index (χ3v) is 3.18. The van der Waals surface area contributed by atoms with Gasteiger partial charge in [-0.05, 0) is 44.5 Å². The average Bonchev–Trinajstić information content (AvgIpc) is 2.41. The Bertz CT molecular complexity index is 504. The summed E-state index contributed by atoms with van der Waals surface area (Å²) in [6, 6.07) is 7.86. The van der Waals surface area contributed by atoms with Crippen LogP contribution in [0.1, 0.15) is 39.4 Å². The van der Waals surface area contributed by atoms with E-state index < -0.39 is 0 Å². The van der Waals surface area contributed by atoms with Gasteiger partial charge in [-0.25, -0.2) is 0 Å². The van der Waals surface area contributed by atoms with Crippen LogP contribution < -0.4 is 4.74 Å². The topological polar surface area (TPSA) is 44.8 Å². The van der Waals surface area contributed by atoms with E-state index in [1.54, 1.807) is 0 Å². The molecule has 2 rings (SSSR count). The molecular weight excluding hydrogens is 268 g/mol. The summed E-state index contributed by atoms with van der Waals surface area (Å²) in [6.07, 6.45) is 3.36. The van der Waals surface area contributed by atoms with Crippen molar-refractivity contribution in [2.45, 2.75) is 52.1 Å². The maximum absolute atomic E-state index is 11.0. The Morgan fingerprint density at radius 2 is 1.86 bits per heavy atom. The quantitative estimate of drug-likeness (QED) is 0.629. The molecule has 0 fully saturated rings. The monoisotopic (exact) mass is 290 g/mol. The fourth-order valence-corrected chi connectivity index (χ4v) is 2.25. The molecule has 0 saturated heterocycles. The number of hydrogen-bond acceptors (Lipinski definition) is 4. The van der Waals surface area contributed by atoms with Gasteiger partial charge >= 0.3 is 5.97 Å². The first-order chi connectivity index (χ1) is 9.95. The Balaban J connectivity index is 2.04. The first-order valence-corrected chi connectivity index (χ1v) is 7.23. The summed E-state index contributed by atoms with van der Waals surface area (Å²) in [7, 11) is 0.